The highest BCUT2D eigenvalue weighted by Crippen LogP contribution is 2.70. The summed E-state index contributed by atoms with van der Waals surface area (Å²) in [5.41, 5.74) is 8.76. The van der Waals surface area contributed by atoms with Crippen LogP contribution in [-0.2, 0) is 0 Å². The van der Waals surface area contributed by atoms with Crippen LogP contribution in [0.2, 0.25) is 0 Å². The Hall–Kier alpha value is -1.02. The number of hydrogen-bond acceptors (Lipinski definition) is 2. The van der Waals surface area contributed by atoms with Crippen molar-refractivity contribution in [2.45, 2.75) is 70.3 Å². The molecule has 0 saturated heterocycles. The first-order chi connectivity index (χ1) is 12.2. The average molecular weight is 339 g/mol. The summed E-state index contributed by atoms with van der Waals surface area (Å²) in [6, 6.07) is 11.2. The van der Waals surface area contributed by atoms with E-state index in [-0.39, 0.29) is 0 Å². The van der Waals surface area contributed by atoms with Gasteiger partial charge >= 0.3 is 0 Å². The highest BCUT2D eigenvalue weighted by Gasteiger charge is 2.61. The standard InChI is InChI=1S/C23H34N2/c24-15-21(25-20-8-2-1-3-9-20)23-13-17-10-18(14-23)12-22(11-17,16-23)19-6-4-5-7-19/h1-3,8-9,17-19,21,25H,4-7,10-16,24H2. The maximum atomic E-state index is 6.38. The van der Waals surface area contributed by atoms with Crippen LogP contribution in [0.4, 0.5) is 5.69 Å². The van der Waals surface area contributed by atoms with Crippen LogP contribution in [0.5, 0.6) is 0 Å². The molecule has 5 aliphatic carbocycles. The van der Waals surface area contributed by atoms with E-state index in [0.717, 1.165) is 24.3 Å². The van der Waals surface area contributed by atoms with Gasteiger partial charge in [-0.1, -0.05) is 31.0 Å². The Morgan fingerprint density at radius 1 is 1.00 bits per heavy atom. The largest absolute Gasteiger partial charge is 0.380 e. The first kappa shape index (κ1) is 16.2. The van der Waals surface area contributed by atoms with Crippen LogP contribution in [0.3, 0.4) is 0 Å². The Kier molecular flexibility index (Phi) is 3.89. The van der Waals surface area contributed by atoms with E-state index in [4.69, 9.17) is 5.73 Å². The van der Waals surface area contributed by atoms with E-state index >= 15 is 0 Å². The molecule has 3 N–H and O–H groups in total. The zero-order valence-electron chi connectivity index (χ0n) is 15.6. The molecule has 0 spiro atoms. The van der Waals surface area contributed by atoms with Gasteiger partial charge in [-0.3, -0.25) is 0 Å². The maximum Gasteiger partial charge on any atom is 0.0440 e. The van der Waals surface area contributed by atoms with E-state index in [1.165, 1.54) is 57.1 Å². The summed E-state index contributed by atoms with van der Waals surface area (Å²) in [6.45, 7) is 0.773. The number of nitrogens with two attached hydrogens (primary N) is 1. The molecule has 0 heterocycles. The quantitative estimate of drug-likeness (QED) is 0.774. The SMILES string of the molecule is NCC(Nc1ccccc1)C12CC3CC(CC(C4CCCC4)(C3)C1)C2. The minimum atomic E-state index is 0.446. The summed E-state index contributed by atoms with van der Waals surface area (Å²) in [7, 11) is 0. The summed E-state index contributed by atoms with van der Waals surface area (Å²) < 4.78 is 0. The number of anilines is 1. The highest BCUT2D eigenvalue weighted by atomic mass is 15.0. The molecule has 0 radical (unpaired) electrons. The van der Waals surface area contributed by atoms with Crippen molar-refractivity contribution < 1.29 is 0 Å². The number of para-hydroxylation sites is 1. The molecule has 0 amide bonds. The summed E-state index contributed by atoms with van der Waals surface area (Å²) in [5, 5.41) is 3.87. The van der Waals surface area contributed by atoms with E-state index in [0.29, 0.717) is 16.9 Å². The van der Waals surface area contributed by atoms with Gasteiger partial charge in [-0.25, -0.2) is 0 Å². The molecule has 0 aromatic heterocycles. The molecule has 2 heteroatoms. The van der Waals surface area contributed by atoms with Crippen LogP contribution in [0.1, 0.15) is 64.2 Å². The van der Waals surface area contributed by atoms with Gasteiger partial charge in [0.15, 0.2) is 0 Å². The topological polar surface area (TPSA) is 38.0 Å². The van der Waals surface area contributed by atoms with E-state index < -0.39 is 0 Å². The van der Waals surface area contributed by atoms with Crippen molar-refractivity contribution in [1.29, 1.82) is 0 Å². The van der Waals surface area contributed by atoms with Gasteiger partial charge in [0.2, 0.25) is 0 Å². The lowest BCUT2D eigenvalue weighted by atomic mass is 9.40. The first-order valence-electron chi connectivity index (χ1n) is 10.7. The fraction of sp³-hybridized carbons (Fsp3) is 0.739. The first-order valence-corrected chi connectivity index (χ1v) is 10.7. The monoisotopic (exact) mass is 338 g/mol. The van der Waals surface area contributed by atoms with E-state index in [1.54, 1.807) is 12.8 Å². The zero-order valence-corrected chi connectivity index (χ0v) is 15.6. The summed E-state index contributed by atoms with van der Waals surface area (Å²) in [5.74, 6) is 2.98. The third-order valence-electron chi connectivity index (χ3n) is 8.46. The highest BCUT2D eigenvalue weighted by molar-refractivity contribution is 5.44. The van der Waals surface area contributed by atoms with Crippen molar-refractivity contribution in [3.8, 4) is 0 Å². The molecule has 3 unspecified atom stereocenters. The summed E-state index contributed by atoms with van der Waals surface area (Å²) in [4.78, 5) is 0. The molecule has 2 nitrogen and oxygen atoms in total. The van der Waals surface area contributed by atoms with Crippen molar-refractivity contribution in [3.63, 3.8) is 0 Å². The van der Waals surface area contributed by atoms with Crippen LogP contribution in [0.25, 0.3) is 0 Å². The Balaban J connectivity index is 1.45. The van der Waals surface area contributed by atoms with E-state index in [9.17, 15) is 0 Å². The fourth-order valence-corrected chi connectivity index (χ4v) is 8.03. The van der Waals surface area contributed by atoms with Gasteiger partial charge in [0, 0.05) is 18.3 Å². The van der Waals surface area contributed by atoms with Gasteiger partial charge < -0.3 is 11.1 Å². The number of hydrogen-bond donors (Lipinski definition) is 2. The Bertz CT molecular complexity index is 590. The van der Waals surface area contributed by atoms with Crippen molar-refractivity contribution in [1.82, 2.24) is 0 Å². The molecule has 3 atom stereocenters. The van der Waals surface area contributed by atoms with Crippen LogP contribution < -0.4 is 11.1 Å². The molecule has 0 aliphatic heterocycles. The van der Waals surface area contributed by atoms with E-state index in [1.807, 2.05) is 0 Å². The van der Waals surface area contributed by atoms with Crippen molar-refractivity contribution in [3.05, 3.63) is 30.3 Å². The molecule has 5 fully saturated rings. The van der Waals surface area contributed by atoms with Crippen LogP contribution >= 0.6 is 0 Å². The van der Waals surface area contributed by atoms with Gasteiger partial charge in [0.25, 0.3) is 0 Å². The minimum absolute atomic E-state index is 0.446. The van der Waals surface area contributed by atoms with Crippen molar-refractivity contribution in [2.24, 2.45) is 34.3 Å². The second-order valence-electron chi connectivity index (χ2n) is 9.97. The zero-order chi connectivity index (χ0) is 16.9. The minimum Gasteiger partial charge on any atom is -0.380 e. The maximum absolute atomic E-state index is 6.38. The lowest BCUT2D eigenvalue weighted by Crippen LogP contribution is -2.60. The Morgan fingerprint density at radius 3 is 2.32 bits per heavy atom. The lowest BCUT2D eigenvalue weighted by molar-refractivity contribution is -0.141. The van der Waals surface area contributed by atoms with Gasteiger partial charge in [-0.2, -0.15) is 0 Å². The predicted octanol–water partition coefficient (Wildman–Crippen LogP) is 5.20. The van der Waals surface area contributed by atoms with Crippen molar-refractivity contribution >= 4 is 5.69 Å². The van der Waals surface area contributed by atoms with Crippen molar-refractivity contribution in [2.75, 3.05) is 11.9 Å². The van der Waals surface area contributed by atoms with Crippen LogP contribution in [0, 0.1) is 28.6 Å². The van der Waals surface area contributed by atoms with Gasteiger partial charge in [0.1, 0.15) is 0 Å². The Morgan fingerprint density at radius 2 is 1.68 bits per heavy atom. The normalized spacial score (nSPS) is 41.2. The lowest BCUT2D eigenvalue weighted by Gasteiger charge is -2.66. The molecule has 4 bridgehead atoms. The second-order valence-corrected chi connectivity index (χ2v) is 9.97. The van der Waals surface area contributed by atoms with Crippen LogP contribution in [-0.4, -0.2) is 12.6 Å². The smallest absolute Gasteiger partial charge is 0.0440 e. The molecule has 6 rings (SSSR count). The van der Waals surface area contributed by atoms with Gasteiger partial charge in [-0.15, -0.1) is 0 Å². The number of nitrogens with one attached hydrogen (secondary N) is 1. The van der Waals surface area contributed by atoms with Crippen LogP contribution in [0.15, 0.2) is 30.3 Å². The molecular weight excluding hydrogens is 304 g/mol. The third kappa shape index (κ3) is 2.63. The molecular formula is C23H34N2. The predicted molar refractivity (Wildman–Crippen MR) is 104 cm³/mol. The summed E-state index contributed by atoms with van der Waals surface area (Å²) in [6.07, 6.45) is 14.9. The average Bonchev–Trinajstić information content (AvgIpc) is 3.15. The molecule has 5 aliphatic rings. The molecule has 136 valence electrons. The van der Waals surface area contributed by atoms with Gasteiger partial charge in [-0.05, 0) is 92.1 Å². The fourth-order valence-electron chi connectivity index (χ4n) is 8.03. The molecule has 5 saturated carbocycles. The number of benzene rings is 1. The van der Waals surface area contributed by atoms with E-state index in [2.05, 4.69) is 35.6 Å². The summed E-state index contributed by atoms with van der Waals surface area (Å²) >= 11 is 0. The molecule has 1 aromatic carbocycles. The molecule has 1 aromatic rings. The third-order valence-corrected chi connectivity index (χ3v) is 8.46. The molecule has 25 heavy (non-hydrogen) atoms. The number of rotatable bonds is 5. The Labute approximate surface area is 153 Å². The van der Waals surface area contributed by atoms with Gasteiger partial charge in [0.05, 0.1) is 0 Å². The second kappa shape index (κ2) is 6.01.